The van der Waals surface area contributed by atoms with Crippen LogP contribution in [0.4, 0.5) is 0 Å². The van der Waals surface area contributed by atoms with E-state index in [0.29, 0.717) is 24.6 Å². The van der Waals surface area contributed by atoms with Gasteiger partial charge in [0.2, 0.25) is 11.8 Å². The third-order valence-corrected chi connectivity index (χ3v) is 6.57. The number of hydrogen-bond acceptors (Lipinski definition) is 5. The number of rotatable bonds is 4. The summed E-state index contributed by atoms with van der Waals surface area (Å²) in [4.78, 5) is 38.0. The number of imide groups is 1. The first kappa shape index (κ1) is 16.9. The molecule has 2 saturated heterocycles. The molecule has 1 aromatic rings. The van der Waals surface area contributed by atoms with Crippen LogP contribution >= 0.6 is 0 Å². The fourth-order valence-corrected chi connectivity index (χ4v) is 5.03. The predicted molar refractivity (Wildman–Crippen MR) is 97.6 cm³/mol. The number of hydrogen-bond donors (Lipinski definition) is 3. The van der Waals surface area contributed by atoms with Crippen LogP contribution in [0.3, 0.4) is 0 Å². The molecule has 3 atom stereocenters. The smallest absolute Gasteiger partial charge is 0.255 e. The third kappa shape index (κ3) is 2.85. The standard InChI is InChI=1S/C20H24N4O3/c25-17-4-3-16(19(26)23-17)24-10-12-2-1-11(5-15(12)20(24)27)7-22-18-13-6-14(18)9-21-8-13/h1-2,5,13-14,16,18,21-22H,3-4,6-10H2,(H,23,25,26). The van der Waals surface area contributed by atoms with Crippen molar-refractivity contribution in [3.8, 4) is 0 Å². The SMILES string of the molecule is O=C1CCC(N2Cc3ccc(CNC4C5CNCC4C5)cc3C2=O)C(=O)N1. The molecule has 3 N–H and O–H groups in total. The van der Waals surface area contributed by atoms with Gasteiger partial charge in [-0.15, -0.1) is 0 Å². The van der Waals surface area contributed by atoms with Crippen molar-refractivity contribution in [1.29, 1.82) is 0 Å². The summed E-state index contributed by atoms with van der Waals surface area (Å²) in [5.41, 5.74) is 2.75. The minimum Gasteiger partial charge on any atom is -0.322 e. The molecule has 0 spiro atoms. The lowest BCUT2D eigenvalue weighted by Gasteiger charge is -2.50. The summed E-state index contributed by atoms with van der Waals surface area (Å²) >= 11 is 0. The Labute approximate surface area is 157 Å². The van der Waals surface area contributed by atoms with Crippen molar-refractivity contribution in [2.75, 3.05) is 13.1 Å². The highest BCUT2D eigenvalue weighted by atomic mass is 16.2. The Hall–Kier alpha value is -2.25. The zero-order chi connectivity index (χ0) is 18.5. The van der Waals surface area contributed by atoms with Crippen molar-refractivity contribution in [3.05, 3.63) is 34.9 Å². The number of carbonyl (C=O) groups is 3. The molecular weight excluding hydrogens is 344 g/mol. The van der Waals surface area contributed by atoms with E-state index in [2.05, 4.69) is 22.0 Å². The maximum absolute atomic E-state index is 12.9. The maximum Gasteiger partial charge on any atom is 0.255 e. The second-order valence-electron chi connectivity index (χ2n) is 8.21. The minimum atomic E-state index is -0.550. The van der Waals surface area contributed by atoms with E-state index in [1.807, 2.05) is 12.1 Å². The van der Waals surface area contributed by atoms with Gasteiger partial charge in [0.05, 0.1) is 0 Å². The minimum absolute atomic E-state index is 0.105. The van der Waals surface area contributed by atoms with Crippen LogP contribution in [0.1, 0.15) is 40.7 Å². The van der Waals surface area contributed by atoms with E-state index in [1.165, 1.54) is 6.42 Å². The number of benzene rings is 1. The molecule has 3 heterocycles. The molecule has 1 aliphatic carbocycles. The van der Waals surface area contributed by atoms with Crippen molar-refractivity contribution in [2.24, 2.45) is 11.8 Å². The quantitative estimate of drug-likeness (QED) is 0.658. The first-order valence-electron chi connectivity index (χ1n) is 9.81. The van der Waals surface area contributed by atoms with Crippen LogP contribution < -0.4 is 16.0 Å². The molecule has 4 aliphatic rings. The molecule has 7 nitrogen and oxygen atoms in total. The van der Waals surface area contributed by atoms with Gasteiger partial charge in [-0.05, 0) is 55.0 Å². The number of amides is 3. The van der Waals surface area contributed by atoms with Gasteiger partial charge in [-0.1, -0.05) is 12.1 Å². The van der Waals surface area contributed by atoms with Crippen LogP contribution in [0.2, 0.25) is 0 Å². The summed E-state index contributed by atoms with van der Waals surface area (Å²) < 4.78 is 0. The van der Waals surface area contributed by atoms with Gasteiger partial charge in [0.25, 0.3) is 5.91 Å². The monoisotopic (exact) mass is 368 g/mol. The summed E-state index contributed by atoms with van der Waals surface area (Å²) in [5.74, 6) is 0.723. The molecule has 5 rings (SSSR count). The lowest BCUT2D eigenvalue weighted by atomic mass is 9.67. The molecule has 27 heavy (non-hydrogen) atoms. The number of piperidine rings is 3. The molecule has 7 heteroatoms. The summed E-state index contributed by atoms with van der Waals surface area (Å²) in [6.45, 7) is 3.39. The van der Waals surface area contributed by atoms with Crippen LogP contribution in [0, 0.1) is 11.8 Å². The molecule has 142 valence electrons. The summed E-state index contributed by atoms with van der Waals surface area (Å²) in [6, 6.07) is 6.06. The van der Waals surface area contributed by atoms with Crippen LogP contribution in [0.25, 0.3) is 0 Å². The molecular formula is C20H24N4O3. The largest absolute Gasteiger partial charge is 0.322 e. The number of nitrogens with zero attached hydrogens (tertiary/aromatic N) is 1. The van der Waals surface area contributed by atoms with Crippen molar-refractivity contribution in [2.45, 2.75) is 44.4 Å². The fraction of sp³-hybridized carbons (Fsp3) is 0.550. The summed E-state index contributed by atoms with van der Waals surface area (Å²) in [6.07, 6.45) is 2.00. The van der Waals surface area contributed by atoms with Crippen LogP contribution in [0.5, 0.6) is 0 Å². The van der Waals surface area contributed by atoms with Gasteiger partial charge in [-0.3, -0.25) is 19.7 Å². The molecule has 0 aromatic heterocycles. The van der Waals surface area contributed by atoms with E-state index in [4.69, 9.17) is 0 Å². The van der Waals surface area contributed by atoms with Crippen molar-refractivity contribution >= 4 is 17.7 Å². The molecule has 0 radical (unpaired) electrons. The van der Waals surface area contributed by atoms with Crippen LogP contribution in [0.15, 0.2) is 18.2 Å². The Morgan fingerprint density at radius 1 is 1.15 bits per heavy atom. The van der Waals surface area contributed by atoms with Gasteiger partial charge in [0.1, 0.15) is 6.04 Å². The Morgan fingerprint density at radius 2 is 1.96 bits per heavy atom. The van der Waals surface area contributed by atoms with Gasteiger partial charge in [0.15, 0.2) is 0 Å². The van der Waals surface area contributed by atoms with Crippen molar-refractivity contribution < 1.29 is 14.4 Å². The molecule has 3 amide bonds. The van der Waals surface area contributed by atoms with Crippen LogP contribution in [-0.4, -0.2) is 47.8 Å². The van der Waals surface area contributed by atoms with E-state index in [0.717, 1.165) is 42.6 Å². The van der Waals surface area contributed by atoms with Gasteiger partial charge >= 0.3 is 0 Å². The van der Waals surface area contributed by atoms with Gasteiger partial charge in [-0.2, -0.15) is 0 Å². The van der Waals surface area contributed by atoms with E-state index < -0.39 is 6.04 Å². The molecule has 3 aliphatic heterocycles. The van der Waals surface area contributed by atoms with Gasteiger partial charge in [-0.25, -0.2) is 0 Å². The van der Waals surface area contributed by atoms with E-state index in [1.54, 1.807) is 4.90 Å². The highest BCUT2D eigenvalue weighted by molar-refractivity contribution is 6.05. The fourth-order valence-electron chi connectivity index (χ4n) is 5.03. The van der Waals surface area contributed by atoms with E-state index >= 15 is 0 Å². The van der Waals surface area contributed by atoms with Crippen LogP contribution in [-0.2, 0) is 22.7 Å². The predicted octanol–water partition coefficient (Wildman–Crippen LogP) is 0.145. The van der Waals surface area contributed by atoms with Gasteiger partial charge < -0.3 is 15.5 Å². The first-order chi connectivity index (χ1) is 13.1. The molecule has 2 bridgehead atoms. The Morgan fingerprint density at radius 3 is 2.70 bits per heavy atom. The second-order valence-corrected chi connectivity index (χ2v) is 8.21. The third-order valence-electron chi connectivity index (χ3n) is 6.57. The Bertz CT molecular complexity index is 809. The number of nitrogens with one attached hydrogen (secondary N) is 3. The zero-order valence-electron chi connectivity index (χ0n) is 15.2. The molecule has 3 fully saturated rings. The average molecular weight is 368 g/mol. The normalized spacial score (nSPS) is 32.1. The maximum atomic E-state index is 12.9. The Balaban J connectivity index is 1.27. The zero-order valence-corrected chi connectivity index (χ0v) is 15.2. The molecule has 3 unspecified atom stereocenters. The average Bonchev–Trinajstić information content (AvgIpc) is 2.98. The lowest BCUT2D eigenvalue weighted by Crippen LogP contribution is -2.62. The van der Waals surface area contributed by atoms with Crippen molar-refractivity contribution in [3.63, 3.8) is 0 Å². The summed E-state index contributed by atoms with van der Waals surface area (Å²) in [5, 5.41) is 9.46. The second kappa shape index (κ2) is 6.42. The Kier molecular flexibility index (Phi) is 4.02. The summed E-state index contributed by atoms with van der Waals surface area (Å²) in [7, 11) is 0. The molecule has 1 aromatic carbocycles. The first-order valence-corrected chi connectivity index (χ1v) is 9.81. The number of fused-ring (bicyclic) bond motifs is 3. The van der Waals surface area contributed by atoms with E-state index in [-0.39, 0.29) is 24.1 Å². The van der Waals surface area contributed by atoms with E-state index in [9.17, 15) is 14.4 Å². The highest BCUT2D eigenvalue weighted by Gasteiger charge is 2.43. The van der Waals surface area contributed by atoms with Gasteiger partial charge in [0, 0.05) is 31.1 Å². The highest BCUT2D eigenvalue weighted by Crippen LogP contribution is 2.36. The lowest BCUT2D eigenvalue weighted by molar-refractivity contribution is -0.136. The topological polar surface area (TPSA) is 90.5 Å². The number of carbonyl (C=O) groups excluding carboxylic acids is 3. The molecule has 1 saturated carbocycles. The van der Waals surface area contributed by atoms with Crippen molar-refractivity contribution in [1.82, 2.24) is 20.9 Å².